The van der Waals surface area contributed by atoms with Gasteiger partial charge in [0.2, 0.25) is 0 Å². The summed E-state index contributed by atoms with van der Waals surface area (Å²) in [5.41, 5.74) is 9.06. The molecule has 95 valence electrons. The van der Waals surface area contributed by atoms with Crippen LogP contribution in [-0.4, -0.2) is 6.04 Å². The first-order valence-corrected chi connectivity index (χ1v) is 6.69. The molecule has 0 fully saturated rings. The van der Waals surface area contributed by atoms with Gasteiger partial charge in [0.1, 0.15) is 0 Å². The third-order valence-corrected chi connectivity index (χ3v) is 4.20. The molecule has 0 saturated heterocycles. The van der Waals surface area contributed by atoms with E-state index in [1.807, 2.05) is 6.08 Å². The van der Waals surface area contributed by atoms with Gasteiger partial charge in [0.25, 0.3) is 0 Å². The summed E-state index contributed by atoms with van der Waals surface area (Å²) < 4.78 is 0. The third-order valence-electron chi connectivity index (χ3n) is 4.20. The zero-order chi connectivity index (χ0) is 13.0. The van der Waals surface area contributed by atoms with Crippen LogP contribution in [0.3, 0.4) is 0 Å². The molecular weight excluding hydrogens is 218 g/mol. The van der Waals surface area contributed by atoms with E-state index < -0.39 is 0 Å². The van der Waals surface area contributed by atoms with Gasteiger partial charge in [-0.1, -0.05) is 55.0 Å². The molecular formula is C17H22N. The van der Waals surface area contributed by atoms with E-state index in [2.05, 4.69) is 56.3 Å². The Bertz CT molecular complexity index is 444. The van der Waals surface area contributed by atoms with E-state index in [0.717, 1.165) is 12.8 Å². The van der Waals surface area contributed by atoms with Crippen molar-refractivity contribution in [2.24, 2.45) is 11.1 Å². The molecule has 18 heavy (non-hydrogen) atoms. The van der Waals surface area contributed by atoms with Crippen molar-refractivity contribution in [1.29, 1.82) is 0 Å². The van der Waals surface area contributed by atoms with E-state index in [1.165, 1.54) is 17.6 Å². The summed E-state index contributed by atoms with van der Waals surface area (Å²) in [7, 11) is 0. The minimum absolute atomic E-state index is 0.0262. The van der Waals surface area contributed by atoms with Gasteiger partial charge in [-0.15, -0.1) is 0 Å². The van der Waals surface area contributed by atoms with Crippen molar-refractivity contribution in [3.8, 4) is 0 Å². The Labute approximate surface area is 110 Å². The molecule has 1 aliphatic carbocycles. The molecule has 1 aliphatic rings. The highest BCUT2D eigenvalue weighted by atomic mass is 14.7. The van der Waals surface area contributed by atoms with Gasteiger partial charge < -0.3 is 5.73 Å². The van der Waals surface area contributed by atoms with E-state index in [9.17, 15) is 0 Å². The maximum absolute atomic E-state index is 6.20. The normalized spacial score (nSPS) is 27.1. The van der Waals surface area contributed by atoms with Crippen LogP contribution in [0.25, 0.3) is 0 Å². The molecule has 0 spiro atoms. The first kappa shape index (κ1) is 13.1. The Hall–Kier alpha value is -1.34. The standard InChI is InChI=1S/C17H22N/c1-14-8-6-12-16(18)17(14,2)13-7-11-15-9-4-3-5-10-15/h3-6,8-10,16H,7,11,13,18H2,1-2H3. The monoisotopic (exact) mass is 240 g/mol. The fourth-order valence-electron chi connectivity index (χ4n) is 2.55. The summed E-state index contributed by atoms with van der Waals surface area (Å²) in [4.78, 5) is 0. The van der Waals surface area contributed by atoms with Gasteiger partial charge in [0.15, 0.2) is 0 Å². The highest BCUT2D eigenvalue weighted by Gasteiger charge is 2.33. The summed E-state index contributed by atoms with van der Waals surface area (Å²) >= 11 is 0. The number of hydrogen-bond donors (Lipinski definition) is 1. The lowest BCUT2D eigenvalue weighted by Gasteiger charge is -2.37. The molecule has 2 atom stereocenters. The van der Waals surface area contributed by atoms with E-state index in [0.29, 0.717) is 0 Å². The van der Waals surface area contributed by atoms with Gasteiger partial charge in [-0.2, -0.15) is 0 Å². The predicted octanol–water partition coefficient (Wildman–Crippen LogP) is 3.66. The van der Waals surface area contributed by atoms with E-state index in [4.69, 9.17) is 5.73 Å². The minimum atomic E-state index is 0.0262. The lowest BCUT2D eigenvalue weighted by atomic mass is 9.70. The van der Waals surface area contributed by atoms with Crippen molar-refractivity contribution >= 4 is 0 Å². The highest BCUT2D eigenvalue weighted by Crippen LogP contribution is 2.37. The van der Waals surface area contributed by atoms with E-state index >= 15 is 0 Å². The van der Waals surface area contributed by atoms with Crippen molar-refractivity contribution in [3.63, 3.8) is 0 Å². The van der Waals surface area contributed by atoms with Crippen LogP contribution in [0.4, 0.5) is 0 Å². The molecule has 1 radical (unpaired) electrons. The van der Waals surface area contributed by atoms with Crippen molar-refractivity contribution in [2.75, 3.05) is 0 Å². The SMILES string of the molecule is CC1=CC=[C]C(N)C1(C)CCCc1ccccc1. The van der Waals surface area contributed by atoms with Gasteiger partial charge >= 0.3 is 0 Å². The molecule has 0 saturated carbocycles. The molecule has 2 rings (SSSR count). The number of hydrogen-bond acceptors (Lipinski definition) is 1. The lowest BCUT2D eigenvalue weighted by Crippen LogP contribution is -2.40. The van der Waals surface area contributed by atoms with Gasteiger partial charge in [-0.25, -0.2) is 0 Å². The zero-order valence-electron chi connectivity index (χ0n) is 11.3. The molecule has 0 amide bonds. The van der Waals surface area contributed by atoms with Crippen LogP contribution in [0.1, 0.15) is 32.3 Å². The first-order chi connectivity index (χ1) is 8.63. The van der Waals surface area contributed by atoms with Crippen molar-refractivity contribution in [2.45, 2.75) is 39.2 Å². The molecule has 0 aromatic heterocycles. The van der Waals surface area contributed by atoms with Crippen molar-refractivity contribution < 1.29 is 0 Å². The van der Waals surface area contributed by atoms with Crippen LogP contribution in [0, 0.1) is 11.5 Å². The molecule has 1 heteroatoms. The Morgan fingerprint density at radius 3 is 2.67 bits per heavy atom. The molecule has 1 aromatic carbocycles. The van der Waals surface area contributed by atoms with E-state index in [1.54, 1.807) is 0 Å². The second-order valence-corrected chi connectivity index (χ2v) is 5.42. The highest BCUT2D eigenvalue weighted by molar-refractivity contribution is 5.26. The fraction of sp³-hybridized carbons (Fsp3) is 0.412. The summed E-state index contributed by atoms with van der Waals surface area (Å²) in [6.07, 6.45) is 10.7. The summed E-state index contributed by atoms with van der Waals surface area (Å²) in [5, 5.41) is 0. The van der Waals surface area contributed by atoms with Crippen LogP contribution >= 0.6 is 0 Å². The lowest BCUT2D eigenvalue weighted by molar-refractivity contribution is 0.308. The molecule has 0 bridgehead atoms. The van der Waals surface area contributed by atoms with Crippen LogP contribution in [0.5, 0.6) is 0 Å². The summed E-state index contributed by atoms with van der Waals surface area (Å²) in [5.74, 6) is 0. The Morgan fingerprint density at radius 2 is 2.00 bits per heavy atom. The average molecular weight is 240 g/mol. The van der Waals surface area contributed by atoms with Crippen LogP contribution in [-0.2, 0) is 6.42 Å². The predicted molar refractivity (Wildman–Crippen MR) is 77.0 cm³/mol. The Balaban J connectivity index is 1.94. The van der Waals surface area contributed by atoms with Crippen LogP contribution in [0.2, 0.25) is 0 Å². The quantitative estimate of drug-likeness (QED) is 0.854. The summed E-state index contributed by atoms with van der Waals surface area (Å²) in [6, 6.07) is 10.7. The smallest absolute Gasteiger partial charge is 0.0390 e. The van der Waals surface area contributed by atoms with Gasteiger partial charge in [-0.05, 0) is 37.8 Å². The number of aryl methyl sites for hydroxylation is 1. The first-order valence-electron chi connectivity index (χ1n) is 6.69. The van der Waals surface area contributed by atoms with Gasteiger partial charge in [0.05, 0.1) is 0 Å². The fourth-order valence-corrected chi connectivity index (χ4v) is 2.55. The second kappa shape index (κ2) is 5.53. The van der Waals surface area contributed by atoms with Gasteiger partial charge in [-0.3, -0.25) is 0 Å². The van der Waals surface area contributed by atoms with Gasteiger partial charge in [0, 0.05) is 11.5 Å². The summed E-state index contributed by atoms with van der Waals surface area (Å²) in [6.45, 7) is 4.44. The largest absolute Gasteiger partial charge is 0.323 e. The van der Waals surface area contributed by atoms with Crippen LogP contribution < -0.4 is 5.73 Å². The molecule has 2 unspecified atom stereocenters. The molecule has 1 nitrogen and oxygen atoms in total. The number of allylic oxidation sites excluding steroid dienone is 2. The minimum Gasteiger partial charge on any atom is -0.323 e. The Morgan fingerprint density at radius 1 is 1.28 bits per heavy atom. The average Bonchev–Trinajstić information content (AvgIpc) is 2.38. The number of nitrogens with two attached hydrogens (primary N) is 1. The van der Waals surface area contributed by atoms with E-state index in [-0.39, 0.29) is 11.5 Å². The Kier molecular flexibility index (Phi) is 4.03. The van der Waals surface area contributed by atoms with Crippen molar-refractivity contribution in [3.05, 3.63) is 59.7 Å². The second-order valence-electron chi connectivity index (χ2n) is 5.42. The van der Waals surface area contributed by atoms with Crippen molar-refractivity contribution in [1.82, 2.24) is 0 Å². The number of benzene rings is 1. The maximum atomic E-state index is 6.20. The molecule has 1 aromatic rings. The number of rotatable bonds is 4. The molecule has 0 aliphatic heterocycles. The molecule has 2 N–H and O–H groups in total. The maximum Gasteiger partial charge on any atom is 0.0390 e. The third kappa shape index (κ3) is 2.73. The van der Waals surface area contributed by atoms with Crippen LogP contribution in [0.15, 0.2) is 48.1 Å². The zero-order valence-corrected chi connectivity index (χ0v) is 11.3. The molecule has 0 heterocycles. The topological polar surface area (TPSA) is 26.0 Å².